The lowest BCUT2D eigenvalue weighted by molar-refractivity contribution is 0.223. The summed E-state index contributed by atoms with van der Waals surface area (Å²) in [5.41, 5.74) is 1.20. The maximum atomic E-state index is 5.97. The summed E-state index contributed by atoms with van der Waals surface area (Å²) < 4.78 is 5.97. The molecule has 0 bridgehead atoms. The van der Waals surface area contributed by atoms with E-state index in [9.17, 15) is 0 Å². The van der Waals surface area contributed by atoms with Gasteiger partial charge in [0, 0.05) is 58.7 Å². The summed E-state index contributed by atoms with van der Waals surface area (Å²) in [6, 6.07) is 9.96. The van der Waals surface area contributed by atoms with E-state index in [-0.39, 0.29) is 6.10 Å². The minimum atomic E-state index is 0.0404. The van der Waals surface area contributed by atoms with Crippen LogP contribution in [-0.4, -0.2) is 79.8 Å². The van der Waals surface area contributed by atoms with Crippen LogP contribution in [0.3, 0.4) is 0 Å². The SMILES string of the molecule is CN=C(NCCN1CCN(c2ncccn2)CC1)NCC(C)Oc1cccc(C)c1. The number of aryl methyl sites for hydroxylation is 1. The van der Waals surface area contributed by atoms with Crippen molar-refractivity contribution in [3.05, 3.63) is 48.3 Å². The van der Waals surface area contributed by atoms with Crippen molar-refractivity contribution in [2.45, 2.75) is 20.0 Å². The van der Waals surface area contributed by atoms with Gasteiger partial charge in [-0.2, -0.15) is 0 Å². The summed E-state index contributed by atoms with van der Waals surface area (Å²) in [5.74, 6) is 2.51. The van der Waals surface area contributed by atoms with Crippen molar-refractivity contribution in [2.75, 3.05) is 57.8 Å². The molecule has 0 spiro atoms. The van der Waals surface area contributed by atoms with Crippen LogP contribution in [0, 0.1) is 6.92 Å². The Morgan fingerprint density at radius 2 is 1.90 bits per heavy atom. The van der Waals surface area contributed by atoms with Gasteiger partial charge in [0.2, 0.25) is 5.95 Å². The third-order valence-electron chi connectivity index (χ3n) is 5.04. The van der Waals surface area contributed by atoms with E-state index in [1.165, 1.54) is 5.56 Å². The standard InChI is InChI=1S/C22H33N7O/c1-18-6-4-7-20(16-18)30-19(2)17-27-21(23-3)24-10-11-28-12-14-29(15-13-28)22-25-8-5-9-26-22/h4-9,16,19H,10-15,17H2,1-3H3,(H2,23,24,27). The van der Waals surface area contributed by atoms with Gasteiger partial charge < -0.3 is 20.3 Å². The number of aliphatic imine (C=N–C) groups is 1. The second-order valence-electron chi connectivity index (χ2n) is 7.50. The van der Waals surface area contributed by atoms with Crippen molar-refractivity contribution < 1.29 is 4.74 Å². The number of nitrogens with one attached hydrogen (secondary N) is 2. The quantitative estimate of drug-likeness (QED) is 0.504. The summed E-state index contributed by atoms with van der Waals surface area (Å²) in [6.07, 6.45) is 3.63. The third kappa shape index (κ3) is 6.88. The Labute approximate surface area is 179 Å². The first kappa shape index (κ1) is 21.8. The molecular formula is C22H33N7O. The molecule has 0 radical (unpaired) electrons. The molecule has 30 heavy (non-hydrogen) atoms. The number of nitrogens with zero attached hydrogens (tertiary/aromatic N) is 5. The molecule has 8 nitrogen and oxygen atoms in total. The fourth-order valence-corrected chi connectivity index (χ4v) is 3.38. The Balaban J connectivity index is 1.32. The van der Waals surface area contributed by atoms with E-state index in [1.807, 2.05) is 24.3 Å². The molecule has 1 unspecified atom stereocenters. The number of hydrogen-bond acceptors (Lipinski definition) is 6. The molecule has 0 saturated carbocycles. The number of anilines is 1. The highest BCUT2D eigenvalue weighted by atomic mass is 16.5. The van der Waals surface area contributed by atoms with Crippen LogP contribution in [0.25, 0.3) is 0 Å². The number of aromatic nitrogens is 2. The molecular weight excluding hydrogens is 378 g/mol. The zero-order chi connectivity index (χ0) is 21.2. The van der Waals surface area contributed by atoms with E-state index < -0.39 is 0 Å². The molecule has 0 aliphatic carbocycles. The summed E-state index contributed by atoms with van der Waals surface area (Å²) in [5, 5.41) is 6.73. The van der Waals surface area contributed by atoms with Crippen molar-refractivity contribution in [2.24, 2.45) is 4.99 Å². The minimum Gasteiger partial charge on any atom is -0.489 e. The second kappa shape index (κ2) is 11.3. The van der Waals surface area contributed by atoms with E-state index in [0.717, 1.165) is 56.9 Å². The van der Waals surface area contributed by atoms with Gasteiger partial charge in [-0.1, -0.05) is 12.1 Å². The van der Waals surface area contributed by atoms with E-state index >= 15 is 0 Å². The van der Waals surface area contributed by atoms with E-state index in [1.54, 1.807) is 19.4 Å². The normalized spacial score (nSPS) is 16.2. The van der Waals surface area contributed by atoms with Crippen LogP contribution >= 0.6 is 0 Å². The van der Waals surface area contributed by atoms with Gasteiger partial charge in [0.25, 0.3) is 0 Å². The average Bonchev–Trinajstić information content (AvgIpc) is 2.77. The topological polar surface area (TPSA) is 77.9 Å². The molecule has 1 atom stereocenters. The summed E-state index contributed by atoms with van der Waals surface area (Å²) >= 11 is 0. The Morgan fingerprint density at radius 3 is 2.60 bits per heavy atom. The minimum absolute atomic E-state index is 0.0404. The van der Waals surface area contributed by atoms with Crippen molar-refractivity contribution >= 4 is 11.9 Å². The van der Waals surface area contributed by atoms with Crippen LogP contribution in [-0.2, 0) is 0 Å². The van der Waals surface area contributed by atoms with Gasteiger partial charge in [0.15, 0.2) is 5.96 Å². The molecule has 2 N–H and O–H groups in total. The van der Waals surface area contributed by atoms with E-state index in [4.69, 9.17) is 4.74 Å². The zero-order valence-corrected chi connectivity index (χ0v) is 18.2. The second-order valence-corrected chi connectivity index (χ2v) is 7.50. The van der Waals surface area contributed by atoms with Gasteiger partial charge in [-0.05, 0) is 37.6 Å². The number of piperazine rings is 1. The number of ether oxygens (including phenoxy) is 1. The van der Waals surface area contributed by atoms with E-state index in [2.05, 4.69) is 55.3 Å². The maximum Gasteiger partial charge on any atom is 0.225 e. The number of guanidine groups is 1. The van der Waals surface area contributed by atoms with Crippen LogP contribution in [0.4, 0.5) is 5.95 Å². The zero-order valence-electron chi connectivity index (χ0n) is 18.2. The molecule has 1 aliphatic heterocycles. The molecule has 0 amide bonds. The maximum absolute atomic E-state index is 5.97. The summed E-state index contributed by atoms with van der Waals surface area (Å²) in [4.78, 5) is 17.7. The highest BCUT2D eigenvalue weighted by molar-refractivity contribution is 5.79. The van der Waals surface area contributed by atoms with Crippen LogP contribution in [0.5, 0.6) is 5.75 Å². The number of benzene rings is 1. The number of rotatable bonds is 8. The van der Waals surface area contributed by atoms with Crippen LogP contribution < -0.4 is 20.3 Å². The predicted molar refractivity (Wildman–Crippen MR) is 121 cm³/mol. The molecule has 1 aromatic carbocycles. The first-order valence-electron chi connectivity index (χ1n) is 10.6. The lowest BCUT2D eigenvalue weighted by Crippen LogP contribution is -2.50. The van der Waals surface area contributed by atoms with Gasteiger partial charge in [0.1, 0.15) is 11.9 Å². The average molecular weight is 412 g/mol. The molecule has 3 rings (SSSR count). The predicted octanol–water partition coefficient (Wildman–Crippen LogP) is 1.54. The van der Waals surface area contributed by atoms with Crippen molar-refractivity contribution in [3.63, 3.8) is 0 Å². The van der Waals surface area contributed by atoms with Gasteiger partial charge in [-0.3, -0.25) is 9.89 Å². The molecule has 2 aromatic rings. The van der Waals surface area contributed by atoms with Crippen molar-refractivity contribution in [3.8, 4) is 5.75 Å². The first-order chi connectivity index (χ1) is 14.6. The van der Waals surface area contributed by atoms with Gasteiger partial charge in [0.05, 0.1) is 6.54 Å². The molecule has 2 heterocycles. The molecule has 1 aliphatic rings. The smallest absolute Gasteiger partial charge is 0.225 e. The molecule has 1 fully saturated rings. The fourth-order valence-electron chi connectivity index (χ4n) is 3.38. The van der Waals surface area contributed by atoms with Crippen LogP contribution in [0.1, 0.15) is 12.5 Å². The van der Waals surface area contributed by atoms with Gasteiger partial charge in [-0.25, -0.2) is 9.97 Å². The van der Waals surface area contributed by atoms with E-state index in [0.29, 0.717) is 6.54 Å². The highest BCUT2D eigenvalue weighted by Crippen LogP contribution is 2.14. The summed E-state index contributed by atoms with van der Waals surface area (Å²) in [7, 11) is 1.79. The molecule has 162 valence electrons. The monoisotopic (exact) mass is 411 g/mol. The highest BCUT2D eigenvalue weighted by Gasteiger charge is 2.18. The lowest BCUT2D eigenvalue weighted by Gasteiger charge is -2.34. The first-order valence-corrected chi connectivity index (χ1v) is 10.6. The summed E-state index contributed by atoms with van der Waals surface area (Å²) in [6.45, 7) is 10.5. The molecule has 1 aromatic heterocycles. The Hall–Kier alpha value is -2.87. The lowest BCUT2D eigenvalue weighted by atomic mass is 10.2. The van der Waals surface area contributed by atoms with Crippen LogP contribution in [0.15, 0.2) is 47.7 Å². The van der Waals surface area contributed by atoms with Crippen molar-refractivity contribution in [1.82, 2.24) is 25.5 Å². The fraction of sp³-hybridized carbons (Fsp3) is 0.500. The Morgan fingerprint density at radius 1 is 1.13 bits per heavy atom. The molecule has 1 saturated heterocycles. The van der Waals surface area contributed by atoms with Gasteiger partial charge in [-0.15, -0.1) is 0 Å². The Kier molecular flexibility index (Phi) is 8.26. The van der Waals surface area contributed by atoms with Crippen LogP contribution in [0.2, 0.25) is 0 Å². The third-order valence-corrected chi connectivity index (χ3v) is 5.04. The molecule has 8 heteroatoms. The van der Waals surface area contributed by atoms with Gasteiger partial charge >= 0.3 is 0 Å². The largest absolute Gasteiger partial charge is 0.489 e. The number of hydrogen-bond donors (Lipinski definition) is 2. The van der Waals surface area contributed by atoms with Crippen molar-refractivity contribution in [1.29, 1.82) is 0 Å². The Bertz CT molecular complexity index is 791.